The van der Waals surface area contributed by atoms with E-state index in [1.54, 1.807) is 12.3 Å². The summed E-state index contributed by atoms with van der Waals surface area (Å²) in [6.45, 7) is 0.761. The summed E-state index contributed by atoms with van der Waals surface area (Å²) in [7, 11) is 0. The third kappa shape index (κ3) is 2.33. The van der Waals surface area contributed by atoms with Gasteiger partial charge in [0.25, 0.3) is 0 Å². The molecule has 0 aliphatic carbocycles. The van der Waals surface area contributed by atoms with Crippen molar-refractivity contribution in [3.63, 3.8) is 0 Å². The Balaban J connectivity index is 1.97. The Morgan fingerprint density at radius 3 is 3.11 bits per heavy atom. The summed E-state index contributed by atoms with van der Waals surface area (Å²) in [5, 5.41) is 13.2. The molecule has 0 amide bonds. The van der Waals surface area contributed by atoms with Crippen molar-refractivity contribution in [3.8, 4) is 17.5 Å². The fourth-order valence-electron chi connectivity index (χ4n) is 2.22. The van der Waals surface area contributed by atoms with Crippen molar-refractivity contribution in [1.29, 1.82) is 5.26 Å². The van der Waals surface area contributed by atoms with Crippen LogP contribution in [0.25, 0.3) is 11.4 Å². The minimum Gasteiger partial charge on any atom is -0.356 e. The van der Waals surface area contributed by atoms with Gasteiger partial charge in [-0.1, -0.05) is 0 Å². The number of hydrogen-bond acceptors (Lipinski definition) is 5. The topological polar surface area (TPSA) is 76.6 Å². The SMILES string of the molecule is N#Cc1cc(-c2ccnn2C2CCCCO2)ncn1. The molecule has 0 radical (unpaired) electrons. The maximum absolute atomic E-state index is 8.89. The molecule has 0 spiro atoms. The Morgan fingerprint density at radius 2 is 2.32 bits per heavy atom. The molecular formula is C13H13N5O. The average Bonchev–Trinajstić information content (AvgIpc) is 2.98. The van der Waals surface area contributed by atoms with Crippen molar-refractivity contribution >= 4 is 0 Å². The van der Waals surface area contributed by atoms with Gasteiger partial charge in [0.05, 0.1) is 11.4 Å². The molecule has 1 aliphatic heterocycles. The number of hydrogen-bond donors (Lipinski definition) is 0. The number of nitriles is 1. The second-order valence-electron chi connectivity index (χ2n) is 4.38. The van der Waals surface area contributed by atoms with E-state index in [4.69, 9.17) is 10.00 Å². The fourth-order valence-corrected chi connectivity index (χ4v) is 2.22. The summed E-state index contributed by atoms with van der Waals surface area (Å²) >= 11 is 0. The maximum atomic E-state index is 8.89. The van der Waals surface area contributed by atoms with E-state index in [0.29, 0.717) is 11.4 Å². The lowest BCUT2D eigenvalue weighted by molar-refractivity contribution is -0.0384. The van der Waals surface area contributed by atoms with E-state index in [-0.39, 0.29) is 6.23 Å². The first-order valence-electron chi connectivity index (χ1n) is 6.26. The van der Waals surface area contributed by atoms with E-state index in [1.807, 2.05) is 16.8 Å². The highest BCUT2D eigenvalue weighted by Gasteiger charge is 2.20. The molecule has 1 saturated heterocycles. The van der Waals surface area contributed by atoms with Crippen LogP contribution < -0.4 is 0 Å². The zero-order chi connectivity index (χ0) is 13.1. The van der Waals surface area contributed by atoms with Crippen LogP contribution in [0.5, 0.6) is 0 Å². The highest BCUT2D eigenvalue weighted by molar-refractivity contribution is 5.55. The molecule has 0 bridgehead atoms. The molecular weight excluding hydrogens is 242 g/mol. The van der Waals surface area contributed by atoms with Gasteiger partial charge in [0.15, 0.2) is 6.23 Å². The zero-order valence-corrected chi connectivity index (χ0v) is 10.4. The van der Waals surface area contributed by atoms with E-state index in [2.05, 4.69) is 15.1 Å². The van der Waals surface area contributed by atoms with Crippen LogP contribution in [0.4, 0.5) is 0 Å². The van der Waals surface area contributed by atoms with Gasteiger partial charge < -0.3 is 4.74 Å². The number of rotatable bonds is 2. The fraction of sp³-hybridized carbons (Fsp3) is 0.385. The molecule has 3 heterocycles. The van der Waals surface area contributed by atoms with Gasteiger partial charge in [0.1, 0.15) is 18.1 Å². The third-order valence-corrected chi connectivity index (χ3v) is 3.14. The predicted octanol–water partition coefficient (Wildman–Crippen LogP) is 1.91. The van der Waals surface area contributed by atoms with Crippen LogP contribution in [0.1, 0.15) is 31.2 Å². The molecule has 96 valence electrons. The molecule has 1 fully saturated rings. The summed E-state index contributed by atoms with van der Waals surface area (Å²) in [6.07, 6.45) is 6.26. The monoisotopic (exact) mass is 255 g/mol. The van der Waals surface area contributed by atoms with Gasteiger partial charge in [-0.3, -0.25) is 0 Å². The summed E-state index contributed by atoms with van der Waals surface area (Å²) in [4.78, 5) is 8.08. The zero-order valence-electron chi connectivity index (χ0n) is 10.4. The van der Waals surface area contributed by atoms with E-state index >= 15 is 0 Å². The van der Waals surface area contributed by atoms with Gasteiger partial charge in [-0.15, -0.1) is 0 Å². The van der Waals surface area contributed by atoms with Crippen molar-refractivity contribution in [2.24, 2.45) is 0 Å². The summed E-state index contributed by atoms with van der Waals surface area (Å²) in [6, 6.07) is 5.56. The van der Waals surface area contributed by atoms with Crippen molar-refractivity contribution < 1.29 is 4.74 Å². The van der Waals surface area contributed by atoms with Gasteiger partial charge in [0, 0.05) is 18.9 Å². The second kappa shape index (κ2) is 5.16. The van der Waals surface area contributed by atoms with Crippen LogP contribution in [-0.4, -0.2) is 26.4 Å². The van der Waals surface area contributed by atoms with Gasteiger partial charge in [-0.2, -0.15) is 10.4 Å². The number of aromatic nitrogens is 4. The molecule has 0 saturated carbocycles. The molecule has 6 heteroatoms. The van der Waals surface area contributed by atoms with Gasteiger partial charge >= 0.3 is 0 Å². The highest BCUT2D eigenvalue weighted by Crippen LogP contribution is 2.27. The largest absolute Gasteiger partial charge is 0.356 e. The Labute approximate surface area is 110 Å². The minimum absolute atomic E-state index is 0.0424. The van der Waals surface area contributed by atoms with Crippen LogP contribution in [-0.2, 0) is 4.74 Å². The lowest BCUT2D eigenvalue weighted by Gasteiger charge is -2.24. The standard InChI is InChI=1S/C13H13N5O/c14-8-10-7-11(16-9-15-10)12-4-5-17-18(12)13-3-1-2-6-19-13/h4-5,7,9,13H,1-3,6H2. The first-order valence-corrected chi connectivity index (χ1v) is 6.26. The van der Waals surface area contributed by atoms with Crippen molar-refractivity contribution in [2.45, 2.75) is 25.5 Å². The third-order valence-electron chi connectivity index (χ3n) is 3.14. The second-order valence-corrected chi connectivity index (χ2v) is 4.38. The molecule has 0 aromatic carbocycles. The number of nitrogens with zero attached hydrogens (tertiary/aromatic N) is 5. The van der Waals surface area contributed by atoms with Crippen LogP contribution in [0, 0.1) is 11.3 Å². The minimum atomic E-state index is -0.0424. The maximum Gasteiger partial charge on any atom is 0.150 e. The first kappa shape index (κ1) is 11.8. The molecule has 2 aromatic heterocycles. The molecule has 0 N–H and O–H groups in total. The number of ether oxygens (including phenoxy) is 1. The molecule has 19 heavy (non-hydrogen) atoms. The van der Waals surface area contributed by atoms with Crippen LogP contribution in [0.2, 0.25) is 0 Å². The van der Waals surface area contributed by atoms with Gasteiger partial charge in [0.2, 0.25) is 0 Å². The van der Waals surface area contributed by atoms with Crippen molar-refractivity contribution in [3.05, 3.63) is 30.4 Å². The van der Waals surface area contributed by atoms with E-state index < -0.39 is 0 Å². The molecule has 6 nitrogen and oxygen atoms in total. The average molecular weight is 255 g/mol. The van der Waals surface area contributed by atoms with E-state index in [9.17, 15) is 0 Å². The quantitative estimate of drug-likeness (QED) is 0.819. The van der Waals surface area contributed by atoms with E-state index in [1.165, 1.54) is 6.33 Å². The predicted molar refractivity (Wildman–Crippen MR) is 66.8 cm³/mol. The smallest absolute Gasteiger partial charge is 0.150 e. The Hall–Kier alpha value is -2.26. The normalized spacial score (nSPS) is 19.0. The Morgan fingerprint density at radius 1 is 1.37 bits per heavy atom. The lowest BCUT2D eigenvalue weighted by atomic mass is 10.2. The Bertz CT molecular complexity index is 609. The molecule has 1 aliphatic rings. The summed E-state index contributed by atoms with van der Waals surface area (Å²) in [5.74, 6) is 0. The molecule has 3 rings (SSSR count). The Kier molecular flexibility index (Phi) is 3.21. The molecule has 2 aromatic rings. The van der Waals surface area contributed by atoms with Crippen LogP contribution >= 0.6 is 0 Å². The summed E-state index contributed by atoms with van der Waals surface area (Å²) < 4.78 is 7.57. The highest BCUT2D eigenvalue weighted by atomic mass is 16.5. The van der Waals surface area contributed by atoms with Crippen molar-refractivity contribution in [2.75, 3.05) is 6.61 Å². The van der Waals surface area contributed by atoms with Crippen LogP contribution in [0.3, 0.4) is 0 Å². The van der Waals surface area contributed by atoms with Gasteiger partial charge in [-0.25, -0.2) is 14.6 Å². The first-order chi connectivity index (χ1) is 9.38. The van der Waals surface area contributed by atoms with Crippen LogP contribution in [0.15, 0.2) is 24.7 Å². The summed E-state index contributed by atoms with van der Waals surface area (Å²) in [5.41, 5.74) is 1.89. The van der Waals surface area contributed by atoms with Crippen molar-refractivity contribution in [1.82, 2.24) is 19.7 Å². The lowest BCUT2D eigenvalue weighted by Crippen LogP contribution is -2.20. The van der Waals surface area contributed by atoms with E-state index in [0.717, 1.165) is 31.6 Å². The van der Waals surface area contributed by atoms with Gasteiger partial charge in [-0.05, 0) is 25.3 Å². The molecule has 1 unspecified atom stereocenters. The molecule has 1 atom stereocenters.